The van der Waals surface area contributed by atoms with E-state index in [0.717, 1.165) is 46.2 Å². The number of ether oxygens (including phenoxy) is 1. The lowest BCUT2D eigenvalue weighted by atomic mass is 10.1. The van der Waals surface area contributed by atoms with Gasteiger partial charge in [-0.25, -0.2) is 4.98 Å². The number of hydrogen-bond donors (Lipinski definition) is 2. The fourth-order valence-corrected chi connectivity index (χ4v) is 4.49. The van der Waals surface area contributed by atoms with Gasteiger partial charge in [0, 0.05) is 23.1 Å². The lowest BCUT2D eigenvalue weighted by Gasteiger charge is -2.16. The van der Waals surface area contributed by atoms with Crippen LogP contribution in [-0.2, 0) is 0 Å². The number of nitrogens with one attached hydrogen (secondary N) is 2. The van der Waals surface area contributed by atoms with Gasteiger partial charge in [-0.2, -0.15) is 9.97 Å². The zero-order valence-electron chi connectivity index (χ0n) is 16.4. The Labute approximate surface area is 173 Å². The predicted octanol–water partition coefficient (Wildman–Crippen LogP) is 5.26. The lowest BCUT2D eigenvalue weighted by Crippen LogP contribution is -2.10. The number of hydrogen-bond acceptors (Lipinski definition) is 5. The summed E-state index contributed by atoms with van der Waals surface area (Å²) < 4.78 is 7.54. The highest BCUT2D eigenvalue weighted by Gasteiger charge is 2.22. The molecule has 1 atom stereocenters. The van der Waals surface area contributed by atoms with Gasteiger partial charge in [0.15, 0.2) is 17.0 Å². The number of aromatic nitrogens is 5. The van der Waals surface area contributed by atoms with Gasteiger partial charge in [0.1, 0.15) is 5.75 Å². The summed E-state index contributed by atoms with van der Waals surface area (Å²) in [5, 5.41) is 4.83. The normalized spacial score (nSPS) is 16.0. The quantitative estimate of drug-likeness (QED) is 0.439. The summed E-state index contributed by atoms with van der Waals surface area (Å²) in [6.45, 7) is 2.10. The van der Waals surface area contributed by atoms with E-state index in [4.69, 9.17) is 16.3 Å². The van der Waals surface area contributed by atoms with E-state index in [1.807, 2.05) is 30.7 Å². The summed E-state index contributed by atoms with van der Waals surface area (Å²) in [5.41, 5.74) is 3.74. The largest absolute Gasteiger partial charge is 0.497 e. The number of rotatable bonds is 5. The number of halogens is 1. The van der Waals surface area contributed by atoms with Crippen molar-refractivity contribution in [3.63, 3.8) is 0 Å². The van der Waals surface area contributed by atoms with Gasteiger partial charge in [0.2, 0.25) is 5.28 Å². The molecule has 5 rings (SSSR count). The molecule has 1 aromatic carbocycles. The smallest absolute Gasteiger partial charge is 0.226 e. The Morgan fingerprint density at radius 2 is 2.10 bits per heavy atom. The number of aromatic amines is 1. The molecule has 1 unspecified atom stereocenters. The molecule has 1 aliphatic carbocycles. The maximum Gasteiger partial charge on any atom is 0.226 e. The summed E-state index contributed by atoms with van der Waals surface area (Å²) in [5.74, 6) is 1.48. The molecular formula is C21H23ClN6O. The van der Waals surface area contributed by atoms with Crippen molar-refractivity contribution in [2.24, 2.45) is 0 Å². The molecule has 0 spiro atoms. The average molecular weight is 411 g/mol. The second kappa shape index (κ2) is 7.22. The van der Waals surface area contributed by atoms with Crippen molar-refractivity contribution < 1.29 is 4.74 Å². The van der Waals surface area contributed by atoms with Crippen LogP contribution in [0.25, 0.3) is 22.1 Å². The van der Waals surface area contributed by atoms with Crippen LogP contribution in [0.4, 0.5) is 5.82 Å². The maximum absolute atomic E-state index is 6.28. The third-order valence-corrected chi connectivity index (χ3v) is 6.02. The molecule has 29 heavy (non-hydrogen) atoms. The average Bonchev–Trinajstić information content (AvgIpc) is 3.45. The molecule has 1 saturated carbocycles. The molecule has 1 fully saturated rings. The van der Waals surface area contributed by atoms with E-state index in [1.54, 1.807) is 7.11 Å². The molecule has 0 bridgehead atoms. The number of imidazole rings is 1. The van der Waals surface area contributed by atoms with Crippen LogP contribution in [0.5, 0.6) is 5.75 Å². The van der Waals surface area contributed by atoms with Crippen LogP contribution < -0.4 is 10.1 Å². The Morgan fingerprint density at radius 1 is 1.28 bits per heavy atom. The van der Waals surface area contributed by atoms with E-state index in [-0.39, 0.29) is 11.3 Å². The first-order chi connectivity index (χ1) is 14.1. The monoisotopic (exact) mass is 410 g/mol. The van der Waals surface area contributed by atoms with E-state index in [2.05, 4.69) is 36.7 Å². The first kappa shape index (κ1) is 18.2. The minimum atomic E-state index is -0.0124. The van der Waals surface area contributed by atoms with Crippen molar-refractivity contribution in [1.29, 1.82) is 0 Å². The molecule has 4 aromatic rings. The summed E-state index contributed by atoms with van der Waals surface area (Å²) in [6, 6.07) is 6.44. The predicted molar refractivity (Wildman–Crippen MR) is 115 cm³/mol. The standard InChI is InChI=1S/C21H23ClN6O/c1-12(16-10-23-17-8-7-14(29-2)9-15(16)17)25-19-18-20(27-21(22)26-19)28(11-24-18)13-5-3-4-6-13/h7-13,23H,3-6H2,1-2H3,(H,25,26,27). The third-order valence-electron chi connectivity index (χ3n) is 5.85. The SMILES string of the molecule is COc1ccc2[nH]cc(C(C)Nc3nc(Cl)nc4c3ncn4C3CCCC3)c2c1. The molecule has 1 aliphatic rings. The lowest BCUT2D eigenvalue weighted by molar-refractivity contribution is 0.415. The molecular weight excluding hydrogens is 388 g/mol. The minimum Gasteiger partial charge on any atom is -0.497 e. The summed E-state index contributed by atoms with van der Waals surface area (Å²) in [6.07, 6.45) is 8.69. The van der Waals surface area contributed by atoms with Crippen LogP contribution in [-0.4, -0.2) is 31.6 Å². The van der Waals surface area contributed by atoms with Gasteiger partial charge in [-0.15, -0.1) is 0 Å². The number of H-pyrrole nitrogens is 1. The van der Waals surface area contributed by atoms with Crippen molar-refractivity contribution in [2.45, 2.75) is 44.7 Å². The fourth-order valence-electron chi connectivity index (χ4n) is 4.33. The van der Waals surface area contributed by atoms with E-state index < -0.39 is 0 Å². The van der Waals surface area contributed by atoms with Crippen molar-refractivity contribution in [3.05, 3.63) is 41.6 Å². The summed E-state index contributed by atoms with van der Waals surface area (Å²) >= 11 is 6.28. The van der Waals surface area contributed by atoms with E-state index >= 15 is 0 Å². The molecule has 2 N–H and O–H groups in total. The molecule has 0 aliphatic heterocycles. The molecule has 8 heteroatoms. The molecule has 3 aromatic heterocycles. The molecule has 0 radical (unpaired) electrons. The zero-order valence-corrected chi connectivity index (χ0v) is 17.2. The van der Waals surface area contributed by atoms with Crippen LogP contribution in [0.2, 0.25) is 5.28 Å². The Morgan fingerprint density at radius 3 is 2.90 bits per heavy atom. The van der Waals surface area contributed by atoms with Crippen LogP contribution >= 0.6 is 11.6 Å². The van der Waals surface area contributed by atoms with Crippen molar-refractivity contribution >= 4 is 39.5 Å². The van der Waals surface area contributed by atoms with Gasteiger partial charge in [-0.05, 0) is 55.1 Å². The Hall–Kier alpha value is -2.80. The van der Waals surface area contributed by atoms with Crippen LogP contribution in [0, 0.1) is 0 Å². The van der Waals surface area contributed by atoms with Gasteiger partial charge >= 0.3 is 0 Å². The van der Waals surface area contributed by atoms with E-state index in [0.29, 0.717) is 11.9 Å². The Kier molecular flexibility index (Phi) is 4.54. The number of methoxy groups -OCH3 is 1. The molecule has 150 valence electrons. The fraction of sp³-hybridized carbons (Fsp3) is 0.381. The van der Waals surface area contributed by atoms with E-state index in [1.165, 1.54) is 12.8 Å². The highest BCUT2D eigenvalue weighted by Crippen LogP contribution is 2.34. The topological polar surface area (TPSA) is 80.7 Å². The Balaban J connectivity index is 1.51. The van der Waals surface area contributed by atoms with E-state index in [9.17, 15) is 0 Å². The molecule has 7 nitrogen and oxygen atoms in total. The summed E-state index contributed by atoms with van der Waals surface area (Å²) in [7, 11) is 1.68. The molecule has 3 heterocycles. The van der Waals surface area contributed by atoms with Gasteiger partial charge < -0.3 is 19.6 Å². The zero-order chi connectivity index (χ0) is 20.0. The maximum atomic E-state index is 6.28. The van der Waals surface area contributed by atoms with Gasteiger partial charge in [0.25, 0.3) is 0 Å². The third kappa shape index (κ3) is 3.19. The van der Waals surface area contributed by atoms with Crippen LogP contribution in [0.1, 0.15) is 50.3 Å². The van der Waals surface area contributed by atoms with Crippen molar-refractivity contribution in [2.75, 3.05) is 12.4 Å². The van der Waals surface area contributed by atoms with Crippen LogP contribution in [0.15, 0.2) is 30.7 Å². The summed E-state index contributed by atoms with van der Waals surface area (Å²) in [4.78, 5) is 16.9. The molecule has 0 amide bonds. The highest BCUT2D eigenvalue weighted by atomic mass is 35.5. The van der Waals surface area contributed by atoms with Gasteiger partial charge in [0.05, 0.1) is 19.5 Å². The van der Waals surface area contributed by atoms with Crippen molar-refractivity contribution in [1.82, 2.24) is 24.5 Å². The number of benzene rings is 1. The second-order valence-corrected chi connectivity index (χ2v) is 7.96. The number of nitrogens with zero attached hydrogens (tertiary/aromatic N) is 4. The number of fused-ring (bicyclic) bond motifs is 2. The highest BCUT2D eigenvalue weighted by molar-refractivity contribution is 6.28. The Bertz CT molecular complexity index is 1180. The van der Waals surface area contributed by atoms with Crippen molar-refractivity contribution in [3.8, 4) is 5.75 Å². The molecule has 0 saturated heterocycles. The van der Waals surface area contributed by atoms with Gasteiger partial charge in [-0.3, -0.25) is 0 Å². The van der Waals surface area contributed by atoms with Gasteiger partial charge in [-0.1, -0.05) is 12.8 Å². The second-order valence-electron chi connectivity index (χ2n) is 7.63. The first-order valence-electron chi connectivity index (χ1n) is 9.95. The minimum absolute atomic E-state index is 0.0124. The van der Waals surface area contributed by atoms with Crippen LogP contribution in [0.3, 0.4) is 0 Å². The first-order valence-corrected chi connectivity index (χ1v) is 10.3. The number of anilines is 1.